The van der Waals surface area contributed by atoms with E-state index in [2.05, 4.69) is 4.74 Å². The van der Waals surface area contributed by atoms with Crippen LogP contribution in [0.25, 0.3) is 0 Å². The zero-order valence-corrected chi connectivity index (χ0v) is 6.51. The Bertz CT molecular complexity index is 140. The quantitative estimate of drug-likeness (QED) is 0.553. The van der Waals surface area contributed by atoms with Crippen molar-refractivity contribution in [2.45, 2.75) is 33.3 Å². The van der Waals surface area contributed by atoms with Crippen molar-refractivity contribution in [1.29, 1.82) is 0 Å². The fourth-order valence-corrected chi connectivity index (χ4v) is 0.654. The van der Waals surface area contributed by atoms with E-state index in [0.717, 1.165) is 0 Å². The number of rotatable bonds is 3. The highest BCUT2D eigenvalue weighted by Crippen LogP contribution is 1.98. The summed E-state index contributed by atoms with van der Waals surface area (Å²) in [5.74, 6) is -0.500. The summed E-state index contributed by atoms with van der Waals surface area (Å²) in [7, 11) is 0. The highest BCUT2D eigenvalue weighted by molar-refractivity contribution is 5.82. The third kappa shape index (κ3) is 3.22. The SMILES string of the molecule is CCC(OC(C)=O)C(C)=O. The molecule has 0 saturated heterocycles. The largest absolute Gasteiger partial charge is 0.455 e. The fourth-order valence-electron chi connectivity index (χ4n) is 0.654. The molecule has 0 spiro atoms. The number of hydrogen-bond donors (Lipinski definition) is 0. The van der Waals surface area contributed by atoms with Crippen molar-refractivity contribution in [3.05, 3.63) is 0 Å². The number of carbonyl (C=O) groups is 2. The van der Waals surface area contributed by atoms with Gasteiger partial charge in [0.2, 0.25) is 0 Å². The van der Waals surface area contributed by atoms with Gasteiger partial charge in [-0.15, -0.1) is 0 Å². The van der Waals surface area contributed by atoms with Gasteiger partial charge in [0.05, 0.1) is 0 Å². The summed E-state index contributed by atoms with van der Waals surface area (Å²) in [6, 6.07) is 0. The van der Waals surface area contributed by atoms with Crippen molar-refractivity contribution in [3.8, 4) is 0 Å². The van der Waals surface area contributed by atoms with E-state index < -0.39 is 12.1 Å². The van der Waals surface area contributed by atoms with Gasteiger partial charge in [-0.05, 0) is 13.3 Å². The molecule has 0 radical (unpaired) electrons. The second-order valence-electron chi connectivity index (χ2n) is 2.12. The van der Waals surface area contributed by atoms with E-state index in [1.807, 2.05) is 0 Å². The molecule has 0 heterocycles. The predicted octanol–water partition coefficient (Wildman–Crippen LogP) is 0.917. The van der Waals surface area contributed by atoms with Crippen molar-refractivity contribution in [1.82, 2.24) is 0 Å². The van der Waals surface area contributed by atoms with Gasteiger partial charge >= 0.3 is 5.97 Å². The summed E-state index contributed by atoms with van der Waals surface area (Å²) in [6.07, 6.45) is 0.00653. The van der Waals surface area contributed by atoms with Gasteiger partial charge in [-0.25, -0.2) is 0 Å². The molecule has 0 aromatic rings. The molecule has 0 amide bonds. The van der Waals surface area contributed by atoms with Crippen molar-refractivity contribution in [2.75, 3.05) is 0 Å². The lowest BCUT2D eigenvalue weighted by Gasteiger charge is -2.09. The summed E-state index contributed by atoms with van der Waals surface area (Å²) in [5, 5.41) is 0. The van der Waals surface area contributed by atoms with Crippen LogP contribution in [0.2, 0.25) is 0 Å². The Labute approximate surface area is 60.4 Å². The van der Waals surface area contributed by atoms with Crippen LogP contribution in [-0.4, -0.2) is 17.9 Å². The molecule has 0 N–H and O–H groups in total. The Balaban J connectivity index is 3.83. The average Bonchev–Trinajstić information content (AvgIpc) is 1.81. The smallest absolute Gasteiger partial charge is 0.303 e. The van der Waals surface area contributed by atoms with Gasteiger partial charge in [-0.3, -0.25) is 9.59 Å². The van der Waals surface area contributed by atoms with E-state index >= 15 is 0 Å². The summed E-state index contributed by atoms with van der Waals surface area (Å²) >= 11 is 0. The minimum atomic E-state index is -0.544. The van der Waals surface area contributed by atoms with Crippen LogP contribution in [0.5, 0.6) is 0 Å². The minimum Gasteiger partial charge on any atom is -0.455 e. The van der Waals surface area contributed by atoms with Crippen LogP contribution in [0, 0.1) is 0 Å². The van der Waals surface area contributed by atoms with Crippen molar-refractivity contribution < 1.29 is 14.3 Å². The standard InChI is InChI=1S/C7H12O3/c1-4-7(5(2)8)10-6(3)9/h7H,4H2,1-3H3. The molecule has 3 heteroatoms. The van der Waals surface area contributed by atoms with Crippen LogP contribution in [0.15, 0.2) is 0 Å². The van der Waals surface area contributed by atoms with Gasteiger partial charge in [0.25, 0.3) is 0 Å². The van der Waals surface area contributed by atoms with Gasteiger partial charge < -0.3 is 4.74 Å². The number of Topliss-reactive ketones (excluding diaryl/α,β-unsaturated/α-hetero) is 1. The van der Waals surface area contributed by atoms with Crippen LogP contribution in [0.3, 0.4) is 0 Å². The first-order chi connectivity index (χ1) is 4.57. The number of ketones is 1. The molecule has 0 saturated carbocycles. The van der Waals surface area contributed by atoms with Crippen LogP contribution in [0.4, 0.5) is 0 Å². The Morgan fingerprint density at radius 2 is 1.90 bits per heavy atom. The summed E-state index contributed by atoms with van der Waals surface area (Å²) in [5.41, 5.74) is 0. The van der Waals surface area contributed by atoms with Crippen LogP contribution < -0.4 is 0 Å². The van der Waals surface area contributed by atoms with E-state index in [4.69, 9.17) is 0 Å². The first kappa shape index (κ1) is 9.14. The molecule has 0 aliphatic heterocycles. The highest BCUT2D eigenvalue weighted by Gasteiger charge is 2.13. The summed E-state index contributed by atoms with van der Waals surface area (Å²) in [6.45, 7) is 4.51. The maximum absolute atomic E-state index is 10.6. The molecular formula is C7H12O3. The van der Waals surface area contributed by atoms with Gasteiger partial charge in [0, 0.05) is 6.92 Å². The lowest BCUT2D eigenvalue weighted by Crippen LogP contribution is -2.22. The predicted molar refractivity (Wildman–Crippen MR) is 36.5 cm³/mol. The maximum atomic E-state index is 10.6. The molecule has 0 aromatic carbocycles. The van der Waals surface area contributed by atoms with Crippen molar-refractivity contribution in [2.24, 2.45) is 0 Å². The fraction of sp³-hybridized carbons (Fsp3) is 0.714. The number of carbonyl (C=O) groups excluding carboxylic acids is 2. The Kier molecular flexibility index (Phi) is 3.69. The van der Waals surface area contributed by atoms with Crippen molar-refractivity contribution >= 4 is 11.8 Å². The normalized spacial score (nSPS) is 12.3. The molecule has 0 aliphatic rings. The zero-order valence-electron chi connectivity index (χ0n) is 6.51. The molecular weight excluding hydrogens is 132 g/mol. The third-order valence-electron chi connectivity index (χ3n) is 1.13. The Morgan fingerprint density at radius 1 is 1.40 bits per heavy atom. The van der Waals surface area contributed by atoms with E-state index in [0.29, 0.717) is 6.42 Å². The molecule has 1 unspecified atom stereocenters. The van der Waals surface area contributed by atoms with Crippen LogP contribution in [-0.2, 0) is 14.3 Å². The number of ether oxygens (including phenoxy) is 1. The third-order valence-corrected chi connectivity index (χ3v) is 1.13. The van der Waals surface area contributed by atoms with Crippen molar-refractivity contribution in [3.63, 3.8) is 0 Å². The zero-order chi connectivity index (χ0) is 8.15. The molecule has 3 nitrogen and oxygen atoms in total. The molecule has 10 heavy (non-hydrogen) atoms. The monoisotopic (exact) mass is 144 g/mol. The second-order valence-corrected chi connectivity index (χ2v) is 2.12. The molecule has 58 valence electrons. The summed E-state index contributed by atoms with van der Waals surface area (Å²) < 4.78 is 4.67. The minimum absolute atomic E-state index is 0.0994. The van der Waals surface area contributed by atoms with Crippen LogP contribution in [0.1, 0.15) is 27.2 Å². The van der Waals surface area contributed by atoms with E-state index in [1.165, 1.54) is 13.8 Å². The molecule has 0 bridgehead atoms. The Morgan fingerprint density at radius 3 is 2.00 bits per heavy atom. The van der Waals surface area contributed by atoms with Gasteiger partial charge in [-0.1, -0.05) is 6.92 Å². The average molecular weight is 144 g/mol. The van der Waals surface area contributed by atoms with Gasteiger partial charge in [-0.2, -0.15) is 0 Å². The first-order valence-electron chi connectivity index (χ1n) is 3.25. The Hall–Kier alpha value is -0.860. The van der Waals surface area contributed by atoms with E-state index in [-0.39, 0.29) is 5.78 Å². The van der Waals surface area contributed by atoms with E-state index in [1.54, 1.807) is 6.92 Å². The highest BCUT2D eigenvalue weighted by atomic mass is 16.5. The molecule has 0 aromatic heterocycles. The van der Waals surface area contributed by atoms with Gasteiger partial charge in [0.15, 0.2) is 11.9 Å². The van der Waals surface area contributed by atoms with E-state index in [9.17, 15) is 9.59 Å². The lowest BCUT2D eigenvalue weighted by molar-refractivity contribution is -0.152. The summed E-state index contributed by atoms with van der Waals surface area (Å²) in [4.78, 5) is 21.0. The molecule has 0 fully saturated rings. The first-order valence-corrected chi connectivity index (χ1v) is 3.25. The second kappa shape index (κ2) is 4.04. The molecule has 0 rings (SSSR count). The molecule has 1 atom stereocenters. The number of hydrogen-bond acceptors (Lipinski definition) is 3. The maximum Gasteiger partial charge on any atom is 0.303 e. The van der Waals surface area contributed by atoms with Gasteiger partial charge in [0.1, 0.15) is 0 Å². The lowest BCUT2D eigenvalue weighted by atomic mass is 10.2. The molecule has 0 aliphatic carbocycles. The topological polar surface area (TPSA) is 43.4 Å². The number of esters is 1. The van der Waals surface area contributed by atoms with Crippen LogP contribution >= 0.6 is 0 Å².